The summed E-state index contributed by atoms with van der Waals surface area (Å²) in [5, 5.41) is 25.4. The van der Waals surface area contributed by atoms with Crippen LogP contribution in [0.2, 0.25) is 0 Å². The number of aryl methyl sites for hydroxylation is 1. The Morgan fingerprint density at radius 1 is 1.22 bits per heavy atom. The zero-order valence-electron chi connectivity index (χ0n) is 20.7. The molecule has 0 saturated carbocycles. The number of methoxy groups -OCH3 is 1. The number of aromatic nitrogens is 1. The van der Waals surface area contributed by atoms with Crippen LogP contribution in [0.5, 0.6) is 17.4 Å². The van der Waals surface area contributed by atoms with Gasteiger partial charge in [-0.1, -0.05) is 18.2 Å². The van der Waals surface area contributed by atoms with E-state index in [9.17, 15) is 15.2 Å². The molecular formula is C28H28N4O4. The molecule has 1 atom stereocenters. The van der Waals surface area contributed by atoms with Crippen LogP contribution in [0.4, 0.5) is 5.69 Å². The van der Waals surface area contributed by atoms with Gasteiger partial charge in [-0.05, 0) is 56.2 Å². The van der Waals surface area contributed by atoms with Gasteiger partial charge in [0, 0.05) is 29.6 Å². The Morgan fingerprint density at radius 3 is 2.64 bits per heavy atom. The van der Waals surface area contributed by atoms with Crippen LogP contribution in [0.1, 0.15) is 47.6 Å². The lowest BCUT2D eigenvalue weighted by molar-refractivity contribution is -0.117. The molecule has 0 bridgehead atoms. The van der Waals surface area contributed by atoms with Crippen molar-refractivity contribution in [1.29, 1.82) is 5.26 Å². The molecule has 1 unspecified atom stereocenters. The van der Waals surface area contributed by atoms with E-state index in [2.05, 4.69) is 21.7 Å². The Morgan fingerprint density at radius 2 is 1.97 bits per heavy atom. The van der Waals surface area contributed by atoms with Gasteiger partial charge in [-0.25, -0.2) is 4.98 Å². The minimum Gasteiger partial charge on any atom is -0.508 e. The van der Waals surface area contributed by atoms with E-state index in [4.69, 9.17) is 9.47 Å². The lowest BCUT2D eigenvalue weighted by atomic mass is 9.79. The van der Waals surface area contributed by atoms with Crippen LogP contribution in [0.15, 0.2) is 59.9 Å². The van der Waals surface area contributed by atoms with Crippen LogP contribution in [0.25, 0.3) is 0 Å². The number of allylic oxidation sites excluding steroid dienone is 1. The Balaban J connectivity index is 1.85. The molecule has 8 heteroatoms. The van der Waals surface area contributed by atoms with Gasteiger partial charge < -0.3 is 25.2 Å². The summed E-state index contributed by atoms with van der Waals surface area (Å²) in [6.45, 7) is 6.38. The number of pyridine rings is 1. The Kier molecular flexibility index (Phi) is 7.11. The standard InChI is InChI=1S/C28H28N4O4/c1-5-36-28-25-24(21-11-8-19(13-29)12-22(21)35-4)23(17(3)32-26(25)16(2)14-31-28)27(34)30-15-18-6-9-20(33)10-7-18/h6-12,14,24,32-33H,5,15H2,1-4H3,(H,30,34). The first-order valence-corrected chi connectivity index (χ1v) is 11.6. The number of nitrogens with one attached hydrogen (secondary N) is 2. The highest BCUT2D eigenvalue weighted by atomic mass is 16.5. The van der Waals surface area contributed by atoms with Gasteiger partial charge in [-0.3, -0.25) is 4.79 Å². The molecule has 184 valence electrons. The largest absolute Gasteiger partial charge is 0.508 e. The highest BCUT2D eigenvalue weighted by molar-refractivity contribution is 5.99. The SMILES string of the molecule is CCOc1ncc(C)c2c1C(c1ccc(C#N)cc1OC)C(C(=O)NCc1ccc(O)cc1)=C(C)N2. The van der Waals surface area contributed by atoms with Crippen molar-refractivity contribution >= 4 is 11.6 Å². The first kappa shape index (κ1) is 24.6. The number of nitriles is 1. The van der Waals surface area contributed by atoms with Crippen molar-refractivity contribution < 1.29 is 19.4 Å². The fourth-order valence-electron chi connectivity index (χ4n) is 4.43. The van der Waals surface area contributed by atoms with Gasteiger partial charge in [-0.2, -0.15) is 5.26 Å². The maximum atomic E-state index is 13.7. The third-order valence-electron chi connectivity index (χ3n) is 6.15. The lowest BCUT2D eigenvalue weighted by Gasteiger charge is -2.33. The van der Waals surface area contributed by atoms with Crippen molar-refractivity contribution in [2.24, 2.45) is 0 Å². The summed E-state index contributed by atoms with van der Waals surface area (Å²) in [7, 11) is 1.54. The maximum absolute atomic E-state index is 13.7. The average Bonchev–Trinajstić information content (AvgIpc) is 2.89. The zero-order valence-corrected chi connectivity index (χ0v) is 20.7. The minimum atomic E-state index is -0.558. The van der Waals surface area contributed by atoms with Crippen molar-refractivity contribution in [3.8, 4) is 23.4 Å². The summed E-state index contributed by atoms with van der Waals surface area (Å²) in [6.07, 6.45) is 1.74. The minimum absolute atomic E-state index is 0.163. The Labute approximate surface area is 210 Å². The molecule has 4 rings (SSSR count). The second-order valence-corrected chi connectivity index (χ2v) is 8.48. The average molecular weight is 485 g/mol. The van der Waals surface area contributed by atoms with Crippen molar-refractivity contribution in [2.75, 3.05) is 19.0 Å². The first-order chi connectivity index (χ1) is 17.4. The highest BCUT2D eigenvalue weighted by Gasteiger charge is 2.37. The van der Waals surface area contributed by atoms with E-state index in [1.54, 1.807) is 49.7 Å². The number of benzene rings is 2. The van der Waals surface area contributed by atoms with Crippen LogP contribution >= 0.6 is 0 Å². The topological polar surface area (TPSA) is 117 Å². The molecular weight excluding hydrogens is 456 g/mol. The fourth-order valence-corrected chi connectivity index (χ4v) is 4.43. The van der Waals surface area contributed by atoms with E-state index in [1.165, 1.54) is 0 Å². The molecule has 1 aliphatic rings. The molecule has 36 heavy (non-hydrogen) atoms. The van der Waals surface area contributed by atoms with E-state index in [0.29, 0.717) is 35.1 Å². The Bertz CT molecular complexity index is 1370. The summed E-state index contributed by atoms with van der Waals surface area (Å²) in [5.41, 5.74) is 5.70. The van der Waals surface area contributed by atoms with Crippen molar-refractivity contribution in [1.82, 2.24) is 10.3 Å². The summed E-state index contributed by atoms with van der Waals surface area (Å²) in [5.74, 6) is 0.263. The number of carbonyl (C=O) groups excluding carboxylic acids is 1. The fraction of sp³-hybridized carbons (Fsp3) is 0.250. The molecule has 3 N–H and O–H groups in total. The third-order valence-corrected chi connectivity index (χ3v) is 6.15. The number of ether oxygens (including phenoxy) is 2. The molecule has 0 radical (unpaired) electrons. The van der Waals surface area contributed by atoms with Gasteiger partial charge in [0.05, 0.1) is 42.5 Å². The second kappa shape index (κ2) is 10.4. The number of fused-ring (bicyclic) bond motifs is 1. The van der Waals surface area contributed by atoms with Crippen LogP contribution in [0.3, 0.4) is 0 Å². The van der Waals surface area contributed by atoms with E-state index >= 15 is 0 Å². The van der Waals surface area contributed by atoms with Crippen LogP contribution < -0.4 is 20.1 Å². The molecule has 0 fully saturated rings. The highest BCUT2D eigenvalue weighted by Crippen LogP contribution is 2.49. The summed E-state index contributed by atoms with van der Waals surface area (Å²) in [6, 6.07) is 14.0. The molecule has 1 aromatic heterocycles. The molecule has 0 spiro atoms. The summed E-state index contributed by atoms with van der Waals surface area (Å²) >= 11 is 0. The lowest BCUT2D eigenvalue weighted by Crippen LogP contribution is -2.32. The van der Waals surface area contributed by atoms with Crippen LogP contribution in [0, 0.1) is 18.3 Å². The zero-order chi connectivity index (χ0) is 25.8. The Hall–Kier alpha value is -4.51. The van der Waals surface area contributed by atoms with Crippen molar-refractivity contribution in [3.05, 3.63) is 87.7 Å². The second-order valence-electron chi connectivity index (χ2n) is 8.48. The number of carbonyl (C=O) groups is 1. The molecule has 3 aromatic rings. The van der Waals surface area contributed by atoms with Gasteiger partial charge in [0.1, 0.15) is 11.5 Å². The number of amides is 1. The van der Waals surface area contributed by atoms with E-state index in [-0.39, 0.29) is 18.2 Å². The molecule has 2 aromatic carbocycles. The maximum Gasteiger partial charge on any atom is 0.250 e. The van der Waals surface area contributed by atoms with E-state index in [0.717, 1.165) is 27.9 Å². The van der Waals surface area contributed by atoms with Crippen molar-refractivity contribution in [3.63, 3.8) is 0 Å². The number of aromatic hydroxyl groups is 1. The summed E-state index contributed by atoms with van der Waals surface area (Å²) in [4.78, 5) is 18.2. The van der Waals surface area contributed by atoms with Gasteiger partial charge in [0.15, 0.2) is 0 Å². The third kappa shape index (κ3) is 4.68. The number of rotatable bonds is 7. The van der Waals surface area contributed by atoms with Crippen molar-refractivity contribution in [2.45, 2.75) is 33.2 Å². The number of hydrogen-bond donors (Lipinski definition) is 3. The normalized spacial score (nSPS) is 14.4. The van der Waals surface area contributed by atoms with Gasteiger partial charge in [0.2, 0.25) is 11.8 Å². The summed E-state index contributed by atoms with van der Waals surface area (Å²) < 4.78 is 11.6. The van der Waals surface area contributed by atoms with Gasteiger partial charge in [-0.15, -0.1) is 0 Å². The molecule has 1 aliphatic heterocycles. The molecule has 0 aliphatic carbocycles. The molecule has 1 amide bonds. The van der Waals surface area contributed by atoms with Crippen LogP contribution in [-0.2, 0) is 11.3 Å². The number of hydrogen-bond acceptors (Lipinski definition) is 7. The quantitative estimate of drug-likeness (QED) is 0.451. The number of phenolic OH excluding ortho intramolecular Hbond substituents is 1. The first-order valence-electron chi connectivity index (χ1n) is 11.6. The van der Waals surface area contributed by atoms with Crippen LogP contribution in [-0.4, -0.2) is 29.7 Å². The predicted molar refractivity (Wildman–Crippen MR) is 136 cm³/mol. The monoisotopic (exact) mass is 484 g/mol. The predicted octanol–water partition coefficient (Wildman–Crippen LogP) is 4.52. The van der Waals surface area contributed by atoms with E-state index in [1.807, 2.05) is 26.8 Å². The molecule has 0 saturated heterocycles. The smallest absolute Gasteiger partial charge is 0.250 e. The van der Waals surface area contributed by atoms with E-state index < -0.39 is 5.92 Å². The van der Waals surface area contributed by atoms with Gasteiger partial charge >= 0.3 is 0 Å². The number of nitrogens with zero attached hydrogens (tertiary/aromatic N) is 2. The number of anilines is 1. The number of phenols is 1. The molecule has 8 nitrogen and oxygen atoms in total. The van der Waals surface area contributed by atoms with Gasteiger partial charge in [0.25, 0.3) is 0 Å². The molecule has 2 heterocycles.